The van der Waals surface area contributed by atoms with Gasteiger partial charge < -0.3 is 9.84 Å². The van der Waals surface area contributed by atoms with Crippen molar-refractivity contribution in [2.24, 2.45) is 0 Å². The Kier molecular flexibility index (Phi) is 6.55. The number of aromatic carboxylic acids is 1. The molecule has 5 aromatic rings. The fourth-order valence-electron chi connectivity index (χ4n) is 4.37. The van der Waals surface area contributed by atoms with Gasteiger partial charge in [0.25, 0.3) is 0 Å². The molecule has 0 spiro atoms. The van der Waals surface area contributed by atoms with E-state index in [1.54, 1.807) is 17.8 Å². The normalized spacial score (nSPS) is 10.9. The molecule has 5 rings (SSSR count). The summed E-state index contributed by atoms with van der Waals surface area (Å²) in [5.41, 5.74) is 5.02. The van der Waals surface area contributed by atoms with Crippen molar-refractivity contribution < 1.29 is 14.6 Å². The molecule has 0 unspecified atom stereocenters. The molecule has 3 nitrogen and oxygen atoms in total. The summed E-state index contributed by atoms with van der Waals surface area (Å²) in [6, 6.07) is 35.8. The minimum Gasteiger partial charge on any atom is -0.488 e. The molecule has 0 atom stereocenters. The third-order valence-electron chi connectivity index (χ3n) is 6.03. The fourth-order valence-corrected chi connectivity index (χ4v) is 5.00. The molecule has 0 radical (unpaired) electrons. The van der Waals surface area contributed by atoms with E-state index in [1.165, 1.54) is 0 Å². The highest BCUT2D eigenvalue weighted by Gasteiger charge is 2.21. The Morgan fingerprint density at radius 1 is 0.771 bits per heavy atom. The van der Waals surface area contributed by atoms with E-state index < -0.39 is 5.97 Å². The van der Waals surface area contributed by atoms with Crippen LogP contribution in [0.2, 0.25) is 0 Å². The first-order valence-electron chi connectivity index (χ1n) is 11.4. The summed E-state index contributed by atoms with van der Waals surface area (Å²) < 4.78 is 6.28. The van der Waals surface area contributed by atoms with E-state index in [2.05, 4.69) is 24.3 Å². The summed E-state index contributed by atoms with van der Waals surface area (Å²) in [5.74, 6) is -0.418. The molecule has 0 heterocycles. The van der Waals surface area contributed by atoms with Crippen LogP contribution in [0, 0.1) is 0 Å². The predicted molar refractivity (Wildman–Crippen MR) is 144 cm³/mol. The fraction of sp³-hybridized carbons (Fsp3) is 0.0645. The first kappa shape index (κ1) is 22.8. The first-order valence-corrected chi connectivity index (χ1v) is 12.6. The van der Waals surface area contributed by atoms with Crippen LogP contribution in [0.5, 0.6) is 5.75 Å². The molecular weight excluding hydrogens is 452 g/mol. The maximum atomic E-state index is 12.4. The molecule has 1 N–H and O–H groups in total. The van der Waals surface area contributed by atoms with Crippen LogP contribution in [0.25, 0.3) is 33.0 Å². The van der Waals surface area contributed by atoms with Gasteiger partial charge >= 0.3 is 5.97 Å². The molecule has 0 saturated heterocycles. The van der Waals surface area contributed by atoms with Crippen molar-refractivity contribution in [3.8, 4) is 28.0 Å². The van der Waals surface area contributed by atoms with Crippen molar-refractivity contribution in [3.05, 3.63) is 120 Å². The lowest BCUT2D eigenvalue weighted by Crippen LogP contribution is -2.04. The molecule has 0 aliphatic heterocycles. The summed E-state index contributed by atoms with van der Waals surface area (Å²) in [5, 5.41) is 11.9. The number of hydrogen-bond donors (Lipinski definition) is 1. The summed E-state index contributed by atoms with van der Waals surface area (Å²) in [4.78, 5) is 13.5. The zero-order valence-electron chi connectivity index (χ0n) is 19.3. The molecule has 5 aromatic carbocycles. The smallest absolute Gasteiger partial charge is 0.336 e. The minimum atomic E-state index is -0.979. The van der Waals surface area contributed by atoms with E-state index in [0.29, 0.717) is 17.9 Å². The first-order chi connectivity index (χ1) is 17.2. The monoisotopic (exact) mass is 476 g/mol. The van der Waals surface area contributed by atoms with E-state index in [-0.39, 0.29) is 5.56 Å². The van der Waals surface area contributed by atoms with Gasteiger partial charge in [0.1, 0.15) is 12.4 Å². The van der Waals surface area contributed by atoms with Crippen molar-refractivity contribution >= 4 is 28.5 Å². The number of hydrogen-bond acceptors (Lipinski definition) is 3. The highest BCUT2D eigenvalue weighted by molar-refractivity contribution is 7.98. The number of fused-ring (bicyclic) bond motifs is 1. The molecule has 0 aliphatic rings. The van der Waals surface area contributed by atoms with Crippen LogP contribution < -0.4 is 4.74 Å². The standard InChI is InChI=1S/C31H24O3S/c1-35-29-19-26-25(17-24(29)22-13-7-3-8-14-22)28(34-20-21-11-5-2-6-12-21)18-27(31(32)33)30(26)23-15-9-4-10-16-23/h2-19H,20H2,1H3,(H,32,33). The Morgan fingerprint density at radius 3 is 1.97 bits per heavy atom. The third-order valence-corrected chi connectivity index (χ3v) is 6.81. The highest BCUT2D eigenvalue weighted by Crippen LogP contribution is 2.43. The molecular formula is C31H24O3S. The summed E-state index contributed by atoms with van der Waals surface area (Å²) >= 11 is 1.65. The maximum Gasteiger partial charge on any atom is 0.336 e. The van der Waals surface area contributed by atoms with E-state index >= 15 is 0 Å². The molecule has 0 aromatic heterocycles. The molecule has 0 fully saturated rings. The number of carbonyl (C=O) groups is 1. The lowest BCUT2D eigenvalue weighted by molar-refractivity contribution is 0.0697. The van der Waals surface area contributed by atoms with Crippen LogP contribution in [0.3, 0.4) is 0 Å². The van der Waals surface area contributed by atoms with Gasteiger partial charge in [0.15, 0.2) is 0 Å². The number of benzene rings is 5. The average Bonchev–Trinajstić information content (AvgIpc) is 2.92. The van der Waals surface area contributed by atoms with Gasteiger partial charge in [-0.3, -0.25) is 0 Å². The molecule has 0 saturated carbocycles. The number of ether oxygens (including phenoxy) is 1. The molecule has 172 valence electrons. The van der Waals surface area contributed by atoms with Crippen LogP contribution in [0.1, 0.15) is 15.9 Å². The molecule has 0 amide bonds. The van der Waals surface area contributed by atoms with Gasteiger partial charge in [0.05, 0.1) is 5.56 Å². The minimum absolute atomic E-state index is 0.228. The Labute approximate surface area is 209 Å². The largest absolute Gasteiger partial charge is 0.488 e. The van der Waals surface area contributed by atoms with Crippen molar-refractivity contribution in [2.45, 2.75) is 11.5 Å². The van der Waals surface area contributed by atoms with Gasteiger partial charge in [-0.25, -0.2) is 4.79 Å². The highest BCUT2D eigenvalue weighted by atomic mass is 32.2. The second kappa shape index (κ2) is 10.1. The second-order valence-corrected chi connectivity index (χ2v) is 9.05. The van der Waals surface area contributed by atoms with Gasteiger partial charge in [0.2, 0.25) is 0 Å². The quantitative estimate of drug-likeness (QED) is 0.241. The van der Waals surface area contributed by atoms with Gasteiger partial charge in [-0.1, -0.05) is 91.0 Å². The third kappa shape index (κ3) is 4.66. The Hall–Kier alpha value is -4.02. The van der Waals surface area contributed by atoms with Crippen LogP contribution in [0.4, 0.5) is 0 Å². The Morgan fingerprint density at radius 2 is 1.37 bits per heavy atom. The van der Waals surface area contributed by atoms with E-state index in [0.717, 1.165) is 37.9 Å². The molecule has 4 heteroatoms. The molecule has 0 bridgehead atoms. The lowest BCUT2D eigenvalue weighted by Gasteiger charge is -2.19. The second-order valence-electron chi connectivity index (χ2n) is 8.21. The Balaban J connectivity index is 1.79. The topological polar surface area (TPSA) is 46.5 Å². The number of thioether (sulfide) groups is 1. The van der Waals surface area contributed by atoms with Crippen molar-refractivity contribution in [2.75, 3.05) is 6.26 Å². The van der Waals surface area contributed by atoms with Gasteiger partial charge in [-0.15, -0.1) is 11.8 Å². The van der Waals surface area contributed by atoms with Crippen LogP contribution in [-0.2, 0) is 6.61 Å². The molecule has 35 heavy (non-hydrogen) atoms. The van der Waals surface area contributed by atoms with Crippen molar-refractivity contribution in [1.82, 2.24) is 0 Å². The molecule has 0 aliphatic carbocycles. The number of carboxylic acids is 1. The van der Waals surface area contributed by atoms with Crippen LogP contribution in [0.15, 0.2) is 114 Å². The summed E-state index contributed by atoms with van der Waals surface area (Å²) in [6.07, 6.45) is 2.05. The van der Waals surface area contributed by atoms with E-state index in [9.17, 15) is 9.90 Å². The number of rotatable bonds is 7. The zero-order valence-corrected chi connectivity index (χ0v) is 20.1. The van der Waals surface area contributed by atoms with E-state index in [4.69, 9.17) is 4.74 Å². The summed E-state index contributed by atoms with van der Waals surface area (Å²) in [6.45, 7) is 0.352. The predicted octanol–water partition coefficient (Wildman–Crippen LogP) is 8.17. The zero-order chi connectivity index (χ0) is 24.2. The average molecular weight is 477 g/mol. The van der Waals surface area contributed by atoms with Crippen molar-refractivity contribution in [1.29, 1.82) is 0 Å². The lowest BCUT2D eigenvalue weighted by atomic mass is 9.90. The number of carboxylic acid groups (broad SMARTS) is 1. The van der Waals surface area contributed by atoms with Crippen LogP contribution in [-0.4, -0.2) is 17.3 Å². The van der Waals surface area contributed by atoms with Gasteiger partial charge in [0, 0.05) is 15.8 Å². The van der Waals surface area contributed by atoms with Crippen molar-refractivity contribution in [3.63, 3.8) is 0 Å². The Bertz CT molecular complexity index is 1480. The maximum absolute atomic E-state index is 12.4. The van der Waals surface area contributed by atoms with Gasteiger partial charge in [-0.2, -0.15) is 0 Å². The van der Waals surface area contributed by atoms with Gasteiger partial charge in [-0.05, 0) is 52.1 Å². The SMILES string of the molecule is CSc1cc2c(-c3ccccc3)c(C(=O)O)cc(OCc3ccccc3)c2cc1-c1ccccc1. The van der Waals surface area contributed by atoms with Crippen LogP contribution >= 0.6 is 11.8 Å². The summed E-state index contributed by atoms with van der Waals surface area (Å²) in [7, 11) is 0. The van der Waals surface area contributed by atoms with E-state index in [1.807, 2.05) is 85.1 Å².